The van der Waals surface area contributed by atoms with Crippen LogP contribution in [0.1, 0.15) is 56.0 Å². The van der Waals surface area contributed by atoms with Crippen molar-refractivity contribution in [3.05, 3.63) is 17.0 Å². The summed E-state index contributed by atoms with van der Waals surface area (Å²) >= 11 is 0. The molecule has 1 N–H and O–H groups in total. The van der Waals surface area contributed by atoms with Gasteiger partial charge < -0.3 is 15.0 Å². The van der Waals surface area contributed by atoms with Gasteiger partial charge >= 0.3 is 0 Å². The number of fused-ring (bicyclic) bond motifs is 1. The number of aromatic nitrogens is 2. The second kappa shape index (κ2) is 9.51. The molecule has 0 bridgehead atoms. The first-order valence-electron chi connectivity index (χ1n) is 10.3. The normalized spacial score (nSPS) is 18.7. The van der Waals surface area contributed by atoms with Gasteiger partial charge in [-0.2, -0.15) is 5.10 Å². The molecule has 0 aliphatic carbocycles. The molecule has 146 valence electrons. The minimum absolute atomic E-state index is 0.147. The van der Waals surface area contributed by atoms with Crippen molar-refractivity contribution < 1.29 is 9.53 Å². The summed E-state index contributed by atoms with van der Waals surface area (Å²) in [5.41, 5.74) is 3.60. The summed E-state index contributed by atoms with van der Waals surface area (Å²) in [5.74, 6) is 0.911. The highest BCUT2D eigenvalue weighted by Crippen LogP contribution is 2.22. The van der Waals surface area contributed by atoms with Gasteiger partial charge in [-0.25, -0.2) is 0 Å². The lowest BCUT2D eigenvalue weighted by Gasteiger charge is -2.28. The van der Waals surface area contributed by atoms with E-state index in [1.165, 1.54) is 37.2 Å². The van der Waals surface area contributed by atoms with Gasteiger partial charge in [0.1, 0.15) is 0 Å². The molecular formula is C20H34N4O2. The Kier molecular flexibility index (Phi) is 7.08. The van der Waals surface area contributed by atoms with Gasteiger partial charge in [-0.3, -0.25) is 9.48 Å². The number of amides is 1. The second-order valence-corrected chi connectivity index (χ2v) is 7.78. The van der Waals surface area contributed by atoms with E-state index in [1.54, 1.807) is 0 Å². The van der Waals surface area contributed by atoms with Crippen molar-refractivity contribution >= 4 is 5.91 Å². The van der Waals surface area contributed by atoms with Gasteiger partial charge in [0, 0.05) is 43.6 Å². The first-order chi connectivity index (χ1) is 12.7. The van der Waals surface area contributed by atoms with E-state index in [2.05, 4.69) is 28.9 Å². The van der Waals surface area contributed by atoms with E-state index in [0.29, 0.717) is 19.4 Å². The molecule has 1 saturated heterocycles. The van der Waals surface area contributed by atoms with Crippen LogP contribution in [0.25, 0.3) is 0 Å². The van der Waals surface area contributed by atoms with Gasteiger partial charge in [0.05, 0.1) is 18.9 Å². The summed E-state index contributed by atoms with van der Waals surface area (Å²) in [6, 6.07) is 0. The Bertz CT molecular complexity index is 591. The predicted octanol–water partition coefficient (Wildman–Crippen LogP) is 2.15. The van der Waals surface area contributed by atoms with Crippen LogP contribution in [0.2, 0.25) is 0 Å². The SMILES string of the molecule is CCCn1nc(CCC(=O)NCCC2CCN(C)CC2)c2c1CCOC2. The Morgan fingerprint density at radius 3 is 2.92 bits per heavy atom. The van der Waals surface area contributed by atoms with Crippen LogP contribution in [0.3, 0.4) is 0 Å². The Morgan fingerprint density at radius 2 is 2.15 bits per heavy atom. The van der Waals surface area contributed by atoms with Crippen molar-refractivity contribution in [3.8, 4) is 0 Å². The van der Waals surface area contributed by atoms with Crippen molar-refractivity contribution in [3.63, 3.8) is 0 Å². The zero-order chi connectivity index (χ0) is 18.4. The van der Waals surface area contributed by atoms with Crippen molar-refractivity contribution in [2.24, 2.45) is 5.92 Å². The Balaban J connectivity index is 1.43. The zero-order valence-corrected chi connectivity index (χ0v) is 16.4. The zero-order valence-electron chi connectivity index (χ0n) is 16.4. The molecule has 0 unspecified atom stereocenters. The molecule has 0 aromatic carbocycles. The van der Waals surface area contributed by atoms with Crippen molar-refractivity contribution in [2.45, 2.75) is 65.0 Å². The topological polar surface area (TPSA) is 59.4 Å². The highest BCUT2D eigenvalue weighted by atomic mass is 16.5. The number of nitrogens with zero attached hydrogens (tertiary/aromatic N) is 3. The van der Waals surface area contributed by atoms with Crippen molar-refractivity contribution in [2.75, 3.05) is 33.3 Å². The van der Waals surface area contributed by atoms with Crippen LogP contribution in [0.4, 0.5) is 0 Å². The second-order valence-electron chi connectivity index (χ2n) is 7.78. The number of carbonyl (C=O) groups excluding carboxylic acids is 1. The summed E-state index contributed by atoms with van der Waals surface area (Å²) < 4.78 is 7.75. The standard InChI is InChI=1S/C20H34N4O2/c1-3-11-24-19-9-14-26-15-17(19)18(22-24)4-5-20(25)21-10-6-16-7-12-23(2)13-8-16/h16H,3-15H2,1-2H3,(H,21,25). The molecule has 3 heterocycles. The highest BCUT2D eigenvalue weighted by Gasteiger charge is 2.21. The number of rotatable bonds is 8. The molecule has 1 aromatic heterocycles. The van der Waals surface area contributed by atoms with E-state index < -0.39 is 0 Å². The van der Waals surface area contributed by atoms with Crippen LogP contribution < -0.4 is 5.32 Å². The molecule has 3 rings (SSSR count). The maximum Gasteiger partial charge on any atom is 0.220 e. The Morgan fingerprint density at radius 1 is 1.35 bits per heavy atom. The smallest absolute Gasteiger partial charge is 0.220 e. The molecule has 0 saturated carbocycles. The molecule has 6 nitrogen and oxygen atoms in total. The lowest BCUT2D eigenvalue weighted by atomic mass is 9.94. The molecular weight excluding hydrogens is 328 g/mol. The molecule has 2 aliphatic rings. The minimum Gasteiger partial charge on any atom is -0.376 e. The number of hydrogen-bond acceptors (Lipinski definition) is 4. The van der Waals surface area contributed by atoms with Gasteiger partial charge in [-0.1, -0.05) is 6.92 Å². The number of aryl methyl sites for hydroxylation is 2. The fourth-order valence-electron chi connectivity index (χ4n) is 4.06. The average molecular weight is 363 g/mol. The average Bonchev–Trinajstić information content (AvgIpc) is 3.00. The molecule has 1 fully saturated rings. The summed E-state index contributed by atoms with van der Waals surface area (Å²) in [6.07, 6.45) is 6.86. The Hall–Kier alpha value is -1.40. The monoisotopic (exact) mass is 362 g/mol. The molecule has 2 aliphatic heterocycles. The largest absolute Gasteiger partial charge is 0.376 e. The third kappa shape index (κ3) is 5.07. The first-order valence-corrected chi connectivity index (χ1v) is 10.3. The van der Waals surface area contributed by atoms with E-state index in [0.717, 1.165) is 50.6 Å². The number of nitrogens with one attached hydrogen (secondary N) is 1. The predicted molar refractivity (Wildman–Crippen MR) is 102 cm³/mol. The van der Waals surface area contributed by atoms with Crippen LogP contribution in [0.5, 0.6) is 0 Å². The van der Waals surface area contributed by atoms with E-state index >= 15 is 0 Å². The van der Waals surface area contributed by atoms with Crippen LogP contribution in [0.15, 0.2) is 0 Å². The number of carbonyl (C=O) groups is 1. The van der Waals surface area contributed by atoms with E-state index in [4.69, 9.17) is 9.84 Å². The molecule has 26 heavy (non-hydrogen) atoms. The van der Waals surface area contributed by atoms with Gasteiger partial charge in [-0.05, 0) is 51.7 Å². The van der Waals surface area contributed by atoms with Gasteiger partial charge in [0.25, 0.3) is 0 Å². The molecule has 1 aromatic rings. The fourth-order valence-corrected chi connectivity index (χ4v) is 4.06. The molecule has 6 heteroatoms. The minimum atomic E-state index is 0.147. The highest BCUT2D eigenvalue weighted by molar-refractivity contribution is 5.76. The van der Waals surface area contributed by atoms with Gasteiger partial charge in [0.15, 0.2) is 0 Å². The van der Waals surface area contributed by atoms with E-state index in [9.17, 15) is 4.79 Å². The van der Waals surface area contributed by atoms with E-state index in [1.807, 2.05) is 0 Å². The number of ether oxygens (including phenoxy) is 1. The van der Waals surface area contributed by atoms with Crippen LogP contribution in [0, 0.1) is 5.92 Å². The van der Waals surface area contributed by atoms with Gasteiger partial charge in [0.2, 0.25) is 5.91 Å². The molecule has 0 radical (unpaired) electrons. The van der Waals surface area contributed by atoms with Gasteiger partial charge in [-0.15, -0.1) is 0 Å². The number of piperidine rings is 1. The quantitative estimate of drug-likeness (QED) is 0.770. The fraction of sp³-hybridized carbons (Fsp3) is 0.800. The van der Waals surface area contributed by atoms with Crippen molar-refractivity contribution in [1.82, 2.24) is 20.0 Å². The van der Waals surface area contributed by atoms with Crippen LogP contribution >= 0.6 is 0 Å². The summed E-state index contributed by atoms with van der Waals surface area (Å²) in [7, 11) is 2.18. The molecule has 0 atom stereocenters. The third-order valence-corrected chi connectivity index (χ3v) is 5.72. The van der Waals surface area contributed by atoms with Crippen LogP contribution in [-0.4, -0.2) is 53.9 Å². The lowest BCUT2D eigenvalue weighted by molar-refractivity contribution is -0.121. The lowest BCUT2D eigenvalue weighted by Crippen LogP contribution is -2.32. The molecule has 1 amide bonds. The summed E-state index contributed by atoms with van der Waals surface area (Å²) in [4.78, 5) is 14.6. The van der Waals surface area contributed by atoms with Crippen molar-refractivity contribution in [1.29, 1.82) is 0 Å². The summed E-state index contributed by atoms with van der Waals surface area (Å²) in [6.45, 7) is 7.72. The summed E-state index contributed by atoms with van der Waals surface area (Å²) in [5, 5.41) is 7.87. The first kappa shape index (κ1) is 19.4. The Labute approximate surface area is 157 Å². The number of hydrogen-bond donors (Lipinski definition) is 1. The molecule has 0 spiro atoms. The maximum absolute atomic E-state index is 12.2. The van der Waals surface area contributed by atoms with Crippen LogP contribution in [-0.2, 0) is 35.5 Å². The van der Waals surface area contributed by atoms with E-state index in [-0.39, 0.29) is 5.91 Å². The maximum atomic E-state index is 12.2. The number of likely N-dealkylation sites (tertiary alicyclic amines) is 1. The third-order valence-electron chi connectivity index (χ3n) is 5.72.